The number of rotatable bonds is 9. The Labute approximate surface area is 135 Å². The van der Waals surface area contributed by atoms with E-state index in [-0.39, 0.29) is 0 Å². The van der Waals surface area contributed by atoms with E-state index in [0.29, 0.717) is 12.5 Å². The Morgan fingerprint density at radius 1 is 1.09 bits per heavy atom. The molecule has 0 saturated heterocycles. The standard InChI is InChI=1S/C18H31N3O/c1-5-15(6-2)12-20-18(19-4)21-13-16-10-8-9-11-17(16)14-22-7-3/h8-11,15H,5-7,12-14H2,1-4H3,(H2,19,20,21). The molecule has 0 amide bonds. The van der Waals surface area contributed by atoms with Gasteiger partial charge in [-0.25, -0.2) is 0 Å². The summed E-state index contributed by atoms with van der Waals surface area (Å²) in [7, 11) is 1.81. The molecule has 2 N–H and O–H groups in total. The summed E-state index contributed by atoms with van der Waals surface area (Å²) < 4.78 is 5.53. The molecule has 4 heteroatoms. The first kappa shape index (κ1) is 18.5. The van der Waals surface area contributed by atoms with E-state index in [1.54, 1.807) is 0 Å². The second kappa shape index (κ2) is 11.1. The SMILES string of the molecule is CCOCc1ccccc1CNC(=NC)NCC(CC)CC. The molecule has 4 nitrogen and oxygen atoms in total. The summed E-state index contributed by atoms with van der Waals surface area (Å²) >= 11 is 0. The molecule has 0 heterocycles. The van der Waals surface area contributed by atoms with Crippen molar-refractivity contribution in [2.24, 2.45) is 10.9 Å². The first-order valence-corrected chi connectivity index (χ1v) is 8.34. The number of aliphatic imine (C=N–C) groups is 1. The van der Waals surface area contributed by atoms with Crippen molar-refractivity contribution in [3.8, 4) is 0 Å². The third kappa shape index (κ3) is 6.48. The lowest BCUT2D eigenvalue weighted by molar-refractivity contribution is 0.133. The van der Waals surface area contributed by atoms with Gasteiger partial charge in [0.15, 0.2) is 5.96 Å². The molecule has 0 radical (unpaired) electrons. The molecular formula is C18H31N3O. The highest BCUT2D eigenvalue weighted by molar-refractivity contribution is 5.79. The third-order valence-electron chi connectivity index (χ3n) is 3.96. The van der Waals surface area contributed by atoms with Crippen LogP contribution in [0.4, 0.5) is 0 Å². The van der Waals surface area contributed by atoms with Crippen molar-refractivity contribution in [1.29, 1.82) is 0 Å². The molecule has 0 fully saturated rings. The average Bonchev–Trinajstić information content (AvgIpc) is 2.57. The predicted molar refractivity (Wildman–Crippen MR) is 94.0 cm³/mol. The fourth-order valence-electron chi connectivity index (χ4n) is 2.30. The largest absolute Gasteiger partial charge is 0.377 e. The van der Waals surface area contributed by atoms with Crippen LogP contribution in [0.2, 0.25) is 0 Å². The minimum Gasteiger partial charge on any atom is -0.377 e. The van der Waals surface area contributed by atoms with Crippen LogP contribution in [0.15, 0.2) is 29.3 Å². The van der Waals surface area contributed by atoms with Gasteiger partial charge in [-0.3, -0.25) is 4.99 Å². The molecule has 0 aromatic heterocycles. The van der Waals surface area contributed by atoms with E-state index in [0.717, 1.165) is 25.7 Å². The predicted octanol–water partition coefficient (Wildman–Crippen LogP) is 3.32. The van der Waals surface area contributed by atoms with Crippen molar-refractivity contribution in [1.82, 2.24) is 10.6 Å². The van der Waals surface area contributed by atoms with Gasteiger partial charge in [0.1, 0.15) is 0 Å². The maximum Gasteiger partial charge on any atom is 0.191 e. The second-order valence-electron chi connectivity index (χ2n) is 5.40. The lowest BCUT2D eigenvalue weighted by atomic mass is 10.0. The monoisotopic (exact) mass is 305 g/mol. The highest BCUT2D eigenvalue weighted by Crippen LogP contribution is 2.10. The first-order valence-electron chi connectivity index (χ1n) is 8.34. The molecule has 124 valence electrons. The van der Waals surface area contributed by atoms with E-state index in [9.17, 15) is 0 Å². The molecule has 0 unspecified atom stereocenters. The van der Waals surface area contributed by atoms with Crippen LogP contribution in [0, 0.1) is 5.92 Å². The highest BCUT2D eigenvalue weighted by Gasteiger charge is 2.06. The minimum atomic E-state index is 0.661. The zero-order valence-electron chi connectivity index (χ0n) is 14.5. The van der Waals surface area contributed by atoms with Crippen molar-refractivity contribution in [2.45, 2.75) is 46.8 Å². The van der Waals surface area contributed by atoms with Crippen molar-refractivity contribution in [3.63, 3.8) is 0 Å². The summed E-state index contributed by atoms with van der Waals surface area (Å²) in [5.74, 6) is 1.56. The molecule has 1 aromatic rings. The van der Waals surface area contributed by atoms with Crippen LogP contribution in [0.3, 0.4) is 0 Å². The number of benzene rings is 1. The van der Waals surface area contributed by atoms with Crippen LogP contribution in [-0.4, -0.2) is 26.2 Å². The van der Waals surface area contributed by atoms with E-state index < -0.39 is 0 Å². The van der Waals surface area contributed by atoms with Gasteiger partial charge in [-0.15, -0.1) is 0 Å². The number of nitrogens with one attached hydrogen (secondary N) is 2. The summed E-state index contributed by atoms with van der Waals surface area (Å²) in [6.45, 7) is 9.60. The Morgan fingerprint density at radius 2 is 1.77 bits per heavy atom. The van der Waals surface area contributed by atoms with Crippen molar-refractivity contribution >= 4 is 5.96 Å². The van der Waals surface area contributed by atoms with Gasteiger partial charge in [-0.2, -0.15) is 0 Å². The van der Waals surface area contributed by atoms with Gasteiger partial charge in [-0.1, -0.05) is 51.0 Å². The Bertz CT molecular complexity index is 442. The Morgan fingerprint density at radius 3 is 2.36 bits per heavy atom. The maximum atomic E-state index is 5.53. The van der Waals surface area contributed by atoms with Gasteiger partial charge >= 0.3 is 0 Å². The number of hydrogen-bond acceptors (Lipinski definition) is 2. The quantitative estimate of drug-likeness (QED) is 0.543. The van der Waals surface area contributed by atoms with Crippen LogP contribution in [0.5, 0.6) is 0 Å². The molecule has 22 heavy (non-hydrogen) atoms. The van der Waals surface area contributed by atoms with E-state index >= 15 is 0 Å². The fraction of sp³-hybridized carbons (Fsp3) is 0.611. The molecule has 0 bridgehead atoms. The smallest absolute Gasteiger partial charge is 0.191 e. The summed E-state index contributed by atoms with van der Waals surface area (Å²) in [4.78, 5) is 4.30. The highest BCUT2D eigenvalue weighted by atomic mass is 16.5. The van der Waals surface area contributed by atoms with Gasteiger partial charge in [0.25, 0.3) is 0 Å². The normalized spacial score (nSPS) is 11.8. The molecule has 1 rings (SSSR count). The number of nitrogens with zero attached hydrogens (tertiary/aromatic N) is 1. The van der Waals surface area contributed by atoms with Crippen LogP contribution in [-0.2, 0) is 17.9 Å². The molecule has 1 aromatic carbocycles. The lowest BCUT2D eigenvalue weighted by Gasteiger charge is -2.17. The molecule has 0 aliphatic carbocycles. The Hall–Kier alpha value is -1.55. The summed E-state index contributed by atoms with van der Waals surface area (Å²) in [5.41, 5.74) is 2.48. The van der Waals surface area contributed by atoms with E-state index in [4.69, 9.17) is 4.74 Å². The molecule has 0 aliphatic heterocycles. The molecule has 0 spiro atoms. The van der Waals surface area contributed by atoms with Gasteiger partial charge < -0.3 is 15.4 Å². The van der Waals surface area contributed by atoms with Crippen molar-refractivity contribution in [2.75, 3.05) is 20.2 Å². The first-order chi connectivity index (χ1) is 10.7. The topological polar surface area (TPSA) is 45.6 Å². The minimum absolute atomic E-state index is 0.661. The van der Waals surface area contributed by atoms with Gasteiger partial charge in [-0.05, 0) is 24.0 Å². The molecule has 0 aliphatic rings. The van der Waals surface area contributed by atoms with Crippen LogP contribution in [0.25, 0.3) is 0 Å². The van der Waals surface area contributed by atoms with Crippen LogP contribution >= 0.6 is 0 Å². The second-order valence-corrected chi connectivity index (χ2v) is 5.40. The lowest BCUT2D eigenvalue weighted by Crippen LogP contribution is -2.39. The van der Waals surface area contributed by atoms with E-state index in [1.165, 1.54) is 24.0 Å². The van der Waals surface area contributed by atoms with Gasteiger partial charge in [0, 0.05) is 26.7 Å². The average molecular weight is 305 g/mol. The maximum absolute atomic E-state index is 5.53. The molecule has 0 saturated carbocycles. The number of hydrogen-bond donors (Lipinski definition) is 2. The molecule has 0 atom stereocenters. The zero-order chi connectivity index (χ0) is 16.2. The summed E-state index contributed by atoms with van der Waals surface area (Å²) in [5, 5.41) is 6.80. The molecular weight excluding hydrogens is 274 g/mol. The number of guanidine groups is 1. The Balaban J connectivity index is 2.53. The van der Waals surface area contributed by atoms with Gasteiger partial charge in [0.2, 0.25) is 0 Å². The van der Waals surface area contributed by atoms with E-state index in [1.807, 2.05) is 14.0 Å². The summed E-state index contributed by atoms with van der Waals surface area (Å²) in [6.07, 6.45) is 2.38. The zero-order valence-corrected chi connectivity index (χ0v) is 14.5. The Kier molecular flexibility index (Phi) is 9.31. The van der Waals surface area contributed by atoms with Crippen molar-refractivity contribution in [3.05, 3.63) is 35.4 Å². The van der Waals surface area contributed by atoms with Crippen LogP contribution < -0.4 is 10.6 Å². The third-order valence-corrected chi connectivity index (χ3v) is 3.96. The van der Waals surface area contributed by atoms with Crippen LogP contribution in [0.1, 0.15) is 44.7 Å². The van der Waals surface area contributed by atoms with E-state index in [2.05, 4.69) is 53.7 Å². The van der Waals surface area contributed by atoms with Gasteiger partial charge in [0.05, 0.1) is 6.61 Å². The fourth-order valence-corrected chi connectivity index (χ4v) is 2.30. The number of ether oxygens (including phenoxy) is 1. The summed E-state index contributed by atoms with van der Waals surface area (Å²) in [6, 6.07) is 8.37. The van der Waals surface area contributed by atoms with Crippen molar-refractivity contribution < 1.29 is 4.74 Å².